The van der Waals surface area contributed by atoms with Gasteiger partial charge in [-0.3, -0.25) is 4.79 Å². The van der Waals surface area contributed by atoms with Gasteiger partial charge < -0.3 is 20.8 Å². The molecule has 0 fully saturated rings. The number of carbonyl (C=O) groups is 1. The van der Waals surface area contributed by atoms with E-state index in [9.17, 15) is 9.90 Å². The van der Waals surface area contributed by atoms with Crippen molar-refractivity contribution in [3.63, 3.8) is 0 Å². The summed E-state index contributed by atoms with van der Waals surface area (Å²) in [5, 5.41) is 18.3. The van der Waals surface area contributed by atoms with E-state index in [2.05, 4.69) is 0 Å². The maximum atomic E-state index is 10.6. The molecule has 0 radical (unpaired) electrons. The van der Waals surface area contributed by atoms with Gasteiger partial charge in [0.1, 0.15) is 5.75 Å². The van der Waals surface area contributed by atoms with E-state index in [4.69, 9.17) is 10.8 Å². The molecular formula is C12H18N2O3. The lowest BCUT2D eigenvalue weighted by atomic mass is 10.0. The van der Waals surface area contributed by atoms with Crippen LogP contribution in [0.15, 0.2) is 18.2 Å². The third-order valence-corrected chi connectivity index (χ3v) is 2.41. The van der Waals surface area contributed by atoms with Gasteiger partial charge in [0.2, 0.25) is 0 Å². The average Bonchev–Trinajstić information content (AvgIpc) is 2.19. The Morgan fingerprint density at radius 3 is 2.65 bits per heavy atom. The fraction of sp³-hybridized carbons (Fsp3) is 0.417. The second kappa shape index (κ2) is 5.65. The van der Waals surface area contributed by atoms with Crippen molar-refractivity contribution in [2.75, 3.05) is 14.1 Å². The molecule has 1 aromatic carbocycles. The van der Waals surface area contributed by atoms with Gasteiger partial charge in [0.15, 0.2) is 0 Å². The van der Waals surface area contributed by atoms with Gasteiger partial charge in [-0.05, 0) is 31.8 Å². The minimum Gasteiger partial charge on any atom is -0.508 e. The van der Waals surface area contributed by atoms with Crippen LogP contribution in [0.1, 0.15) is 23.6 Å². The summed E-state index contributed by atoms with van der Waals surface area (Å²) in [6.07, 6.45) is -0.119. The van der Waals surface area contributed by atoms with Gasteiger partial charge in [0, 0.05) is 18.2 Å². The van der Waals surface area contributed by atoms with Crippen molar-refractivity contribution in [3.05, 3.63) is 29.3 Å². The van der Waals surface area contributed by atoms with Crippen LogP contribution in [0.25, 0.3) is 0 Å². The number of aromatic hydroxyl groups is 1. The first-order valence-electron chi connectivity index (χ1n) is 5.34. The summed E-state index contributed by atoms with van der Waals surface area (Å²) in [5.74, 6) is -0.732. The monoisotopic (exact) mass is 238 g/mol. The summed E-state index contributed by atoms with van der Waals surface area (Å²) >= 11 is 0. The molecule has 0 amide bonds. The predicted octanol–water partition coefficient (Wildman–Crippen LogP) is 0.928. The number of phenols is 1. The van der Waals surface area contributed by atoms with Gasteiger partial charge in [-0.2, -0.15) is 0 Å². The smallest absolute Gasteiger partial charge is 0.305 e. The Morgan fingerprint density at radius 2 is 2.12 bits per heavy atom. The average molecular weight is 238 g/mol. The Hall–Kier alpha value is -1.59. The predicted molar refractivity (Wildman–Crippen MR) is 64.7 cm³/mol. The van der Waals surface area contributed by atoms with E-state index >= 15 is 0 Å². The topological polar surface area (TPSA) is 86.8 Å². The highest BCUT2D eigenvalue weighted by Gasteiger charge is 2.12. The molecule has 0 bridgehead atoms. The third kappa shape index (κ3) is 4.05. The van der Waals surface area contributed by atoms with Crippen molar-refractivity contribution in [2.24, 2.45) is 5.73 Å². The van der Waals surface area contributed by atoms with Gasteiger partial charge in [-0.25, -0.2) is 0 Å². The van der Waals surface area contributed by atoms with Crippen LogP contribution in [-0.2, 0) is 11.3 Å². The Morgan fingerprint density at radius 1 is 1.47 bits per heavy atom. The van der Waals surface area contributed by atoms with Crippen molar-refractivity contribution in [2.45, 2.75) is 19.0 Å². The standard InChI is InChI=1S/C12H18N2O3/c1-14(2)7-9-5-8(3-4-11(9)15)10(13)6-12(16)17/h3-5,10,15H,6-7,13H2,1-2H3,(H,16,17). The van der Waals surface area contributed by atoms with Gasteiger partial charge >= 0.3 is 5.97 Å². The Labute approximate surface area is 100 Å². The Bertz CT molecular complexity index is 405. The maximum Gasteiger partial charge on any atom is 0.305 e. The molecule has 5 heteroatoms. The van der Waals surface area contributed by atoms with E-state index in [0.717, 1.165) is 11.1 Å². The molecule has 0 saturated heterocycles. The highest BCUT2D eigenvalue weighted by molar-refractivity contribution is 5.68. The molecule has 1 aromatic rings. The molecule has 0 aliphatic heterocycles. The normalized spacial score (nSPS) is 12.7. The lowest BCUT2D eigenvalue weighted by Gasteiger charge is -2.15. The SMILES string of the molecule is CN(C)Cc1cc(C(N)CC(=O)O)ccc1O. The minimum atomic E-state index is -0.931. The summed E-state index contributed by atoms with van der Waals surface area (Å²) < 4.78 is 0. The first kappa shape index (κ1) is 13.5. The molecule has 5 nitrogen and oxygen atoms in total. The van der Waals surface area contributed by atoms with E-state index in [-0.39, 0.29) is 12.2 Å². The molecule has 0 saturated carbocycles. The highest BCUT2D eigenvalue weighted by atomic mass is 16.4. The zero-order valence-electron chi connectivity index (χ0n) is 10.1. The fourth-order valence-electron chi connectivity index (χ4n) is 1.61. The van der Waals surface area contributed by atoms with Crippen LogP contribution in [0, 0.1) is 0 Å². The number of nitrogens with zero attached hydrogens (tertiary/aromatic N) is 1. The van der Waals surface area contributed by atoms with Gasteiger partial charge in [0.25, 0.3) is 0 Å². The number of phenolic OH excluding ortho intramolecular Hbond substituents is 1. The first-order valence-corrected chi connectivity index (χ1v) is 5.34. The highest BCUT2D eigenvalue weighted by Crippen LogP contribution is 2.23. The van der Waals surface area contributed by atoms with Crippen LogP contribution < -0.4 is 5.73 Å². The second-order valence-electron chi connectivity index (χ2n) is 4.33. The lowest BCUT2D eigenvalue weighted by Crippen LogP contribution is -2.16. The number of carboxylic acid groups (broad SMARTS) is 1. The zero-order chi connectivity index (χ0) is 13.0. The number of aliphatic carboxylic acids is 1. The van der Waals surface area contributed by atoms with Crippen LogP contribution in [-0.4, -0.2) is 35.2 Å². The molecule has 4 N–H and O–H groups in total. The zero-order valence-corrected chi connectivity index (χ0v) is 10.1. The molecule has 94 valence electrons. The Kier molecular flexibility index (Phi) is 4.48. The molecule has 0 heterocycles. The van der Waals surface area contributed by atoms with Gasteiger partial charge in [-0.1, -0.05) is 6.07 Å². The quantitative estimate of drug-likeness (QED) is 0.710. The van der Waals surface area contributed by atoms with Crippen LogP contribution in [0.4, 0.5) is 0 Å². The number of rotatable bonds is 5. The van der Waals surface area contributed by atoms with Gasteiger partial charge in [-0.15, -0.1) is 0 Å². The molecule has 0 aliphatic carbocycles. The molecule has 1 unspecified atom stereocenters. The first-order chi connectivity index (χ1) is 7.90. The van der Waals surface area contributed by atoms with E-state index in [1.807, 2.05) is 19.0 Å². The molecule has 0 spiro atoms. The summed E-state index contributed by atoms with van der Waals surface area (Å²) in [7, 11) is 3.78. The fourth-order valence-corrected chi connectivity index (χ4v) is 1.61. The van der Waals surface area contributed by atoms with Crippen LogP contribution >= 0.6 is 0 Å². The molecule has 17 heavy (non-hydrogen) atoms. The molecule has 0 aliphatic rings. The molecule has 0 aromatic heterocycles. The number of benzene rings is 1. The summed E-state index contributed by atoms with van der Waals surface area (Å²) in [5.41, 5.74) is 7.24. The summed E-state index contributed by atoms with van der Waals surface area (Å²) in [6.45, 7) is 0.583. The lowest BCUT2D eigenvalue weighted by molar-refractivity contribution is -0.137. The Balaban J connectivity index is 2.91. The van der Waals surface area contributed by atoms with Crippen molar-refractivity contribution in [1.29, 1.82) is 0 Å². The number of nitrogens with two attached hydrogens (primary N) is 1. The van der Waals surface area contributed by atoms with Crippen molar-refractivity contribution < 1.29 is 15.0 Å². The van der Waals surface area contributed by atoms with Crippen molar-refractivity contribution in [1.82, 2.24) is 4.90 Å². The van der Waals surface area contributed by atoms with Crippen LogP contribution in [0.2, 0.25) is 0 Å². The molecule has 1 rings (SSSR count). The second-order valence-corrected chi connectivity index (χ2v) is 4.33. The number of carboxylic acids is 1. The van der Waals surface area contributed by atoms with Gasteiger partial charge in [0.05, 0.1) is 6.42 Å². The number of hydrogen-bond donors (Lipinski definition) is 3. The van der Waals surface area contributed by atoms with E-state index in [1.54, 1.807) is 18.2 Å². The third-order valence-electron chi connectivity index (χ3n) is 2.41. The minimum absolute atomic E-state index is 0.119. The van der Waals surface area contributed by atoms with Crippen LogP contribution in [0.3, 0.4) is 0 Å². The van der Waals surface area contributed by atoms with Crippen LogP contribution in [0.5, 0.6) is 5.75 Å². The van der Waals surface area contributed by atoms with E-state index in [0.29, 0.717) is 6.54 Å². The summed E-state index contributed by atoms with van der Waals surface area (Å²) in [4.78, 5) is 12.5. The van der Waals surface area contributed by atoms with E-state index < -0.39 is 12.0 Å². The largest absolute Gasteiger partial charge is 0.508 e. The van der Waals surface area contributed by atoms with Crippen molar-refractivity contribution >= 4 is 5.97 Å². The summed E-state index contributed by atoms with van der Waals surface area (Å²) in [6, 6.07) is 4.41. The van der Waals surface area contributed by atoms with E-state index in [1.165, 1.54) is 0 Å². The number of hydrogen-bond acceptors (Lipinski definition) is 4. The maximum absolute atomic E-state index is 10.6. The molecule has 1 atom stereocenters. The molecular weight excluding hydrogens is 220 g/mol. The van der Waals surface area contributed by atoms with Crippen molar-refractivity contribution in [3.8, 4) is 5.75 Å².